The lowest BCUT2D eigenvalue weighted by Gasteiger charge is -2.32. The Morgan fingerprint density at radius 3 is 1.76 bits per heavy atom. The number of carbonyl (C=O) groups is 6. The summed E-state index contributed by atoms with van der Waals surface area (Å²) in [5.74, 6) is -3.70. The minimum Gasteiger partial charge on any atom is -0.492 e. The van der Waals surface area contributed by atoms with Crippen LogP contribution in [0.5, 0.6) is 5.75 Å². The van der Waals surface area contributed by atoms with Gasteiger partial charge < -0.3 is 33.2 Å². The second kappa shape index (κ2) is 28.5. The molecule has 0 amide bonds. The lowest BCUT2D eigenvalue weighted by atomic mass is 9.77. The number of benzene rings is 3. The molecule has 0 radical (unpaired) electrons. The molecule has 0 unspecified atom stereocenters. The van der Waals surface area contributed by atoms with Gasteiger partial charge in [0.25, 0.3) is 0 Å². The largest absolute Gasteiger partial charge is 0.492 e. The fourth-order valence-electron chi connectivity index (χ4n) is 8.67. The highest BCUT2D eigenvalue weighted by molar-refractivity contribution is 5.92. The molecule has 0 heterocycles. The number of hydrogen-bond acceptors (Lipinski definition) is 13. The van der Waals surface area contributed by atoms with Crippen LogP contribution in [-0.2, 0) is 76.5 Å². The van der Waals surface area contributed by atoms with Crippen molar-refractivity contribution in [2.75, 3.05) is 47.3 Å². The third kappa shape index (κ3) is 17.5. The Morgan fingerprint density at radius 1 is 0.620 bits per heavy atom. The zero-order valence-corrected chi connectivity index (χ0v) is 42.8. The molecule has 386 valence electrons. The first-order chi connectivity index (χ1) is 34.0. The van der Waals surface area contributed by atoms with Crippen LogP contribution >= 0.6 is 0 Å². The van der Waals surface area contributed by atoms with E-state index in [2.05, 4.69) is 41.7 Å². The molecule has 0 aromatic heterocycles. The normalized spacial score (nSPS) is 14.4. The first-order valence-corrected chi connectivity index (χ1v) is 24.8. The Labute approximate surface area is 418 Å². The Balaban J connectivity index is 1.73. The maximum atomic E-state index is 16.2. The van der Waals surface area contributed by atoms with Gasteiger partial charge in [-0.1, -0.05) is 89.9 Å². The molecule has 1 aliphatic rings. The summed E-state index contributed by atoms with van der Waals surface area (Å²) in [6.45, 7) is 14.6. The van der Waals surface area contributed by atoms with Crippen LogP contribution in [0.3, 0.4) is 0 Å². The highest BCUT2D eigenvalue weighted by Crippen LogP contribution is 2.41. The standard InChI is InChI=1S/C57H73FO13/c1-10-13-14-16-39-18-20-42(21-19-39)43-22-25-47(49(58)29-43)46-24-23-44(27-40(46)11-2)48-28-45(17-15-26-67-55(63)37(4)5)50(30-41(48)12-3)68-33-57(36-71-56(64)38(6)7,34-69-53(61)31-51(59)65-8)35-70-54(62)32-52(60)66-9/h22-25,27-30,39,42H,4,6,10-21,26,31-36H2,1-3,5,7-9H3. The monoisotopic (exact) mass is 985 g/mol. The average molecular weight is 985 g/mol. The highest BCUT2D eigenvalue weighted by Gasteiger charge is 2.38. The maximum Gasteiger partial charge on any atom is 0.333 e. The van der Waals surface area contributed by atoms with Crippen molar-refractivity contribution >= 4 is 35.8 Å². The van der Waals surface area contributed by atoms with Crippen molar-refractivity contribution in [1.82, 2.24) is 0 Å². The number of esters is 6. The molecule has 0 atom stereocenters. The smallest absolute Gasteiger partial charge is 0.333 e. The third-order valence-corrected chi connectivity index (χ3v) is 13.0. The van der Waals surface area contributed by atoms with Crippen LogP contribution in [0.25, 0.3) is 22.3 Å². The fraction of sp³-hybridized carbons (Fsp3) is 0.509. The average Bonchev–Trinajstić information content (AvgIpc) is 3.36. The number of aryl methyl sites for hydroxylation is 3. The van der Waals surface area contributed by atoms with E-state index in [1.807, 2.05) is 44.2 Å². The second-order valence-corrected chi connectivity index (χ2v) is 18.6. The molecule has 0 aliphatic heterocycles. The van der Waals surface area contributed by atoms with Crippen molar-refractivity contribution in [3.63, 3.8) is 0 Å². The maximum absolute atomic E-state index is 16.2. The van der Waals surface area contributed by atoms with Gasteiger partial charge >= 0.3 is 35.8 Å². The van der Waals surface area contributed by atoms with Crippen LogP contribution in [0, 0.1) is 17.2 Å². The summed E-state index contributed by atoms with van der Waals surface area (Å²) >= 11 is 0. The van der Waals surface area contributed by atoms with E-state index in [0.717, 1.165) is 66.4 Å². The third-order valence-electron chi connectivity index (χ3n) is 13.0. The van der Waals surface area contributed by atoms with Crippen LogP contribution in [0.4, 0.5) is 4.39 Å². The summed E-state index contributed by atoms with van der Waals surface area (Å²) < 4.78 is 54.0. The molecular formula is C57H73FO13. The lowest BCUT2D eigenvalue weighted by molar-refractivity contribution is -0.165. The molecule has 3 aromatic rings. The van der Waals surface area contributed by atoms with Gasteiger partial charge in [0.2, 0.25) is 0 Å². The van der Waals surface area contributed by atoms with Gasteiger partial charge in [-0.2, -0.15) is 0 Å². The Bertz CT molecular complexity index is 2320. The molecule has 1 aliphatic carbocycles. The van der Waals surface area contributed by atoms with Crippen molar-refractivity contribution in [2.24, 2.45) is 11.3 Å². The zero-order chi connectivity index (χ0) is 52.1. The van der Waals surface area contributed by atoms with E-state index >= 15 is 4.39 Å². The summed E-state index contributed by atoms with van der Waals surface area (Å²) in [6.07, 6.45) is 10.1. The van der Waals surface area contributed by atoms with Crippen LogP contribution in [-0.4, -0.2) is 83.1 Å². The van der Waals surface area contributed by atoms with E-state index in [1.165, 1.54) is 45.4 Å². The molecule has 3 aromatic carbocycles. The van der Waals surface area contributed by atoms with E-state index in [-0.39, 0.29) is 30.2 Å². The molecule has 0 bridgehead atoms. The molecule has 1 fully saturated rings. The van der Waals surface area contributed by atoms with Crippen molar-refractivity contribution in [3.8, 4) is 28.0 Å². The molecule has 14 heteroatoms. The number of halogens is 1. The molecule has 13 nitrogen and oxygen atoms in total. The predicted molar refractivity (Wildman–Crippen MR) is 268 cm³/mol. The molecule has 4 rings (SSSR count). The van der Waals surface area contributed by atoms with Crippen molar-refractivity contribution in [1.29, 1.82) is 0 Å². The van der Waals surface area contributed by atoms with Crippen LogP contribution in [0.15, 0.2) is 72.8 Å². The number of carbonyl (C=O) groups excluding carboxylic acids is 6. The number of methoxy groups -OCH3 is 2. The van der Waals surface area contributed by atoms with E-state index in [0.29, 0.717) is 48.5 Å². The minimum atomic E-state index is -1.60. The van der Waals surface area contributed by atoms with Crippen molar-refractivity contribution < 1.29 is 66.3 Å². The lowest BCUT2D eigenvalue weighted by Crippen LogP contribution is -2.44. The van der Waals surface area contributed by atoms with Crippen LogP contribution in [0.2, 0.25) is 0 Å². The summed E-state index contributed by atoms with van der Waals surface area (Å²) in [4.78, 5) is 74.6. The summed E-state index contributed by atoms with van der Waals surface area (Å²) in [5, 5.41) is 0. The van der Waals surface area contributed by atoms with Gasteiger partial charge in [0.15, 0.2) is 0 Å². The molecule has 0 N–H and O–H groups in total. The van der Waals surface area contributed by atoms with Gasteiger partial charge in [0.1, 0.15) is 56.3 Å². The Morgan fingerprint density at radius 2 is 1.20 bits per heavy atom. The number of ether oxygens (including phenoxy) is 7. The van der Waals surface area contributed by atoms with Gasteiger partial charge in [0, 0.05) is 16.7 Å². The predicted octanol–water partition coefficient (Wildman–Crippen LogP) is 10.9. The van der Waals surface area contributed by atoms with E-state index in [9.17, 15) is 28.8 Å². The summed E-state index contributed by atoms with van der Waals surface area (Å²) in [6, 6.07) is 15.7. The Kier molecular flexibility index (Phi) is 23.0. The van der Waals surface area contributed by atoms with Gasteiger partial charge in [0.05, 0.1) is 20.8 Å². The van der Waals surface area contributed by atoms with Crippen LogP contribution in [0.1, 0.15) is 133 Å². The van der Waals surface area contributed by atoms with Gasteiger partial charge in [-0.05, 0) is 134 Å². The molecule has 0 spiro atoms. The van der Waals surface area contributed by atoms with Crippen molar-refractivity contribution in [2.45, 2.75) is 130 Å². The molecule has 0 saturated heterocycles. The van der Waals surface area contributed by atoms with Crippen LogP contribution < -0.4 is 4.74 Å². The number of unbranched alkanes of at least 4 members (excludes halogenated alkanes) is 2. The zero-order valence-electron chi connectivity index (χ0n) is 42.8. The SMILES string of the molecule is C=C(C)C(=O)OCCCc1cc(-c2ccc(-c3ccc(C4CCC(CCCCC)CC4)cc3F)c(CC)c2)c(CC)cc1OCC(COC(=O)CC(=O)OC)(COC(=O)CC(=O)OC)COC(=O)C(=C)C. The fourth-order valence-corrected chi connectivity index (χ4v) is 8.67. The summed E-state index contributed by atoms with van der Waals surface area (Å²) in [7, 11) is 2.23. The second-order valence-electron chi connectivity index (χ2n) is 18.6. The molecule has 71 heavy (non-hydrogen) atoms. The first-order valence-electron chi connectivity index (χ1n) is 24.8. The quantitative estimate of drug-likeness (QED) is 0.0222. The van der Waals surface area contributed by atoms with E-state index in [4.69, 9.17) is 23.7 Å². The molecular weight excluding hydrogens is 912 g/mol. The summed E-state index contributed by atoms with van der Waals surface area (Å²) in [5.41, 5.74) is 5.49. The van der Waals surface area contributed by atoms with Gasteiger partial charge in [-0.15, -0.1) is 0 Å². The first kappa shape index (κ1) is 57.3. The highest BCUT2D eigenvalue weighted by atomic mass is 19.1. The number of rotatable bonds is 28. The van der Waals surface area contributed by atoms with E-state index in [1.54, 1.807) is 13.0 Å². The Hall–Kier alpha value is -6.31. The van der Waals surface area contributed by atoms with Crippen molar-refractivity contribution in [3.05, 3.63) is 101 Å². The van der Waals surface area contributed by atoms with Gasteiger partial charge in [-0.3, -0.25) is 19.2 Å². The number of hydrogen-bond donors (Lipinski definition) is 0. The van der Waals surface area contributed by atoms with E-state index < -0.39 is 73.9 Å². The topological polar surface area (TPSA) is 167 Å². The minimum absolute atomic E-state index is 0.0611. The van der Waals surface area contributed by atoms with Gasteiger partial charge in [-0.25, -0.2) is 14.0 Å². The molecule has 1 saturated carbocycles.